The Kier molecular flexibility index (Phi) is 5.99. The van der Waals surface area contributed by atoms with Gasteiger partial charge in [0.1, 0.15) is 17.0 Å². The molecule has 1 N–H and O–H groups in total. The Morgan fingerprint density at radius 2 is 2.05 bits per heavy atom. The minimum absolute atomic E-state index is 0.0899. The van der Waals surface area contributed by atoms with Gasteiger partial charge in [0.15, 0.2) is 0 Å². The molecule has 8 heteroatoms. The topological polar surface area (TPSA) is 51.6 Å². The largest absolute Gasteiger partial charge is 0.433 e. The number of aliphatic hydroxyl groups excluding tert-OH is 1. The Labute approximate surface area is 113 Å². The Bertz CT molecular complexity index is 415. The van der Waals surface area contributed by atoms with Crippen LogP contribution in [0.25, 0.3) is 0 Å². The molecule has 0 aliphatic rings. The number of pyridine rings is 1. The molecule has 0 saturated heterocycles. The van der Waals surface area contributed by atoms with Gasteiger partial charge in [-0.25, -0.2) is 4.98 Å². The third kappa shape index (κ3) is 4.94. The van der Waals surface area contributed by atoms with Crippen LogP contribution in [0.4, 0.5) is 13.2 Å². The van der Waals surface area contributed by atoms with E-state index in [0.717, 1.165) is 12.1 Å². The first-order chi connectivity index (χ1) is 8.86. The highest BCUT2D eigenvalue weighted by Gasteiger charge is 2.33. The predicted octanol–water partition coefficient (Wildman–Crippen LogP) is 2.45. The van der Waals surface area contributed by atoms with Gasteiger partial charge in [-0.15, -0.1) is 0 Å². The van der Waals surface area contributed by atoms with E-state index < -0.39 is 23.1 Å². The number of hydrogen-bond acceptors (Lipinski definition) is 4. The number of halogens is 4. The molecular formula is C11H13ClF3NO3. The van der Waals surface area contributed by atoms with Crippen LogP contribution in [0.2, 0.25) is 5.15 Å². The summed E-state index contributed by atoms with van der Waals surface area (Å²) < 4.78 is 46.9. The van der Waals surface area contributed by atoms with E-state index in [9.17, 15) is 18.3 Å². The minimum Gasteiger partial charge on any atom is -0.386 e. The molecule has 0 radical (unpaired) electrons. The normalized spacial score (nSPS) is 13.6. The number of methoxy groups -OCH3 is 1. The molecule has 19 heavy (non-hydrogen) atoms. The molecule has 0 saturated carbocycles. The lowest BCUT2D eigenvalue weighted by molar-refractivity contribution is -0.141. The zero-order valence-corrected chi connectivity index (χ0v) is 10.8. The van der Waals surface area contributed by atoms with Crippen molar-refractivity contribution in [2.75, 3.05) is 26.9 Å². The first-order valence-electron chi connectivity index (χ1n) is 5.34. The van der Waals surface area contributed by atoms with Crippen molar-refractivity contribution in [1.82, 2.24) is 4.98 Å². The van der Waals surface area contributed by atoms with Crippen LogP contribution in [0.1, 0.15) is 17.4 Å². The number of ether oxygens (including phenoxy) is 2. The van der Waals surface area contributed by atoms with Crippen LogP contribution in [-0.4, -0.2) is 37.0 Å². The summed E-state index contributed by atoms with van der Waals surface area (Å²) in [4.78, 5) is 3.21. The van der Waals surface area contributed by atoms with Gasteiger partial charge in [0.25, 0.3) is 0 Å². The van der Waals surface area contributed by atoms with Gasteiger partial charge in [-0.2, -0.15) is 13.2 Å². The molecule has 1 aromatic heterocycles. The van der Waals surface area contributed by atoms with Crippen LogP contribution < -0.4 is 0 Å². The van der Waals surface area contributed by atoms with Gasteiger partial charge in [-0.3, -0.25) is 0 Å². The number of rotatable bonds is 6. The number of alkyl halides is 3. The van der Waals surface area contributed by atoms with Crippen molar-refractivity contribution in [2.45, 2.75) is 12.3 Å². The van der Waals surface area contributed by atoms with Gasteiger partial charge in [-0.05, 0) is 6.07 Å². The van der Waals surface area contributed by atoms with Crippen LogP contribution in [-0.2, 0) is 15.7 Å². The SMILES string of the molecule is COCCOCC(O)c1ccc(C(F)(F)F)nc1Cl. The first kappa shape index (κ1) is 16.2. The monoisotopic (exact) mass is 299 g/mol. The third-order valence-corrected chi connectivity index (χ3v) is 2.54. The van der Waals surface area contributed by atoms with E-state index in [-0.39, 0.29) is 18.8 Å². The Hall–Kier alpha value is -0.890. The number of hydrogen-bond donors (Lipinski definition) is 1. The second-order valence-electron chi connectivity index (χ2n) is 3.66. The van der Waals surface area contributed by atoms with Crippen molar-refractivity contribution < 1.29 is 27.8 Å². The lowest BCUT2D eigenvalue weighted by Crippen LogP contribution is -2.13. The number of aliphatic hydroxyl groups is 1. The maximum absolute atomic E-state index is 12.4. The summed E-state index contributed by atoms with van der Waals surface area (Å²) in [5, 5.41) is 9.33. The number of nitrogens with zero attached hydrogens (tertiary/aromatic N) is 1. The van der Waals surface area contributed by atoms with Crippen molar-refractivity contribution in [2.24, 2.45) is 0 Å². The molecule has 1 heterocycles. The summed E-state index contributed by atoms with van der Waals surface area (Å²) in [6.45, 7) is 0.515. The summed E-state index contributed by atoms with van der Waals surface area (Å²) in [7, 11) is 1.50. The fourth-order valence-electron chi connectivity index (χ4n) is 1.28. The Balaban J connectivity index is 2.68. The lowest BCUT2D eigenvalue weighted by Gasteiger charge is -2.14. The Morgan fingerprint density at radius 1 is 1.37 bits per heavy atom. The summed E-state index contributed by atoms with van der Waals surface area (Å²) in [6.07, 6.45) is -5.71. The van der Waals surface area contributed by atoms with E-state index in [1.165, 1.54) is 7.11 Å². The Morgan fingerprint density at radius 3 is 2.58 bits per heavy atom. The molecule has 1 atom stereocenters. The molecule has 4 nitrogen and oxygen atoms in total. The summed E-state index contributed by atoms with van der Waals surface area (Å²) in [5.41, 5.74) is -1.01. The molecule has 1 rings (SSSR count). The van der Waals surface area contributed by atoms with Gasteiger partial charge in [0, 0.05) is 12.7 Å². The van der Waals surface area contributed by atoms with E-state index >= 15 is 0 Å². The van der Waals surface area contributed by atoms with Crippen molar-refractivity contribution in [3.8, 4) is 0 Å². The molecule has 0 amide bonds. The average molecular weight is 300 g/mol. The minimum atomic E-state index is -4.57. The van der Waals surface area contributed by atoms with Crippen molar-refractivity contribution >= 4 is 11.6 Å². The zero-order valence-electron chi connectivity index (χ0n) is 10.1. The first-order valence-corrected chi connectivity index (χ1v) is 5.72. The number of aromatic nitrogens is 1. The third-order valence-electron chi connectivity index (χ3n) is 2.23. The molecule has 0 aromatic carbocycles. The molecule has 1 aromatic rings. The molecule has 0 aliphatic carbocycles. The highest BCUT2D eigenvalue weighted by atomic mass is 35.5. The van der Waals surface area contributed by atoms with Crippen molar-refractivity contribution in [3.63, 3.8) is 0 Å². The predicted molar refractivity (Wildman–Crippen MR) is 61.9 cm³/mol. The van der Waals surface area contributed by atoms with Crippen LogP contribution in [0, 0.1) is 0 Å². The van der Waals surface area contributed by atoms with E-state index in [0.29, 0.717) is 6.61 Å². The summed E-state index contributed by atoms with van der Waals surface area (Å²) >= 11 is 5.62. The van der Waals surface area contributed by atoms with E-state index in [1.807, 2.05) is 0 Å². The van der Waals surface area contributed by atoms with E-state index in [1.54, 1.807) is 0 Å². The lowest BCUT2D eigenvalue weighted by atomic mass is 10.1. The highest BCUT2D eigenvalue weighted by molar-refractivity contribution is 6.30. The van der Waals surface area contributed by atoms with E-state index in [4.69, 9.17) is 21.1 Å². The van der Waals surface area contributed by atoms with Crippen LogP contribution in [0.5, 0.6) is 0 Å². The van der Waals surface area contributed by atoms with Crippen LogP contribution >= 0.6 is 11.6 Å². The van der Waals surface area contributed by atoms with Gasteiger partial charge < -0.3 is 14.6 Å². The molecule has 0 fully saturated rings. The maximum atomic E-state index is 12.4. The molecular weight excluding hydrogens is 287 g/mol. The molecule has 1 unspecified atom stereocenters. The molecule has 0 aliphatic heterocycles. The van der Waals surface area contributed by atoms with Gasteiger partial charge in [-0.1, -0.05) is 17.7 Å². The van der Waals surface area contributed by atoms with Crippen molar-refractivity contribution in [3.05, 3.63) is 28.5 Å². The van der Waals surface area contributed by atoms with Gasteiger partial charge in [0.05, 0.1) is 19.8 Å². The van der Waals surface area contributed by atoms with Gasteiger partial charge in [0.2, 0.25) is 0 Å². The average Bonchev–Trinajstić information content (AvgIpc) is 2.33. The maximum Gasteiger partial charge on any atom is 0.433 e. The van der Waals surface area contributed by atoms with Crippen LogP contribution in [0.3, 0.4) is 0 Å². The van der Waals surface area contributed by atoms with Gasteiger partial charge >= 0.3 is 6.18 Å². The zero-order chi connectivity index (χ0) is 14.5. The highest BCUT2D eigenvalue weighted by Crippen LogP contribution is 2.31. The second-order valence-corrected chi connectivity index (χ2v) is 4.02. The van der Waals surface area contributed by atoms with E-state index in [2.05, 4.69) is 4.98 Å². The smallest absolute Gasteiger partial charge is 0.386 e. The fraction of sp³-hybridized carbons (Fsp3) is 0.545. The molecule has 0 spiro atoms. The standard InChI is InChI=1S/C11H13ClF3NO3/c1-18-4-5-19-6-8(17)7-2-3-9(11(13,14)15)16-10(7)12/h2-3,8,17H,4-6H2,1H3. The summed E-state index contributed by atoms with van der Waals surface area (Å²) in [6, 6.07) is 1.85. The molecule has 108 valence electrons. The second kappa shape index (κ2) is 7.04. The van der Waals surface area contributed by atoms with Crippen LogP contribution in [0.15, 0.2) is 12.1 Å². The summed E-state index contributed by atoms with van der Waals surface area (Å²) in [5.74, 6) is 0. The van der Waals surface area contributed by atoms with Crippen molar-refractivity contribution in [1.29, 1.82) is 0 Å². The fourth-order valence-corrected chi connectivity index (χ4v) is 1.56. The quantitative estimate of drug-likeness (QED) is 0.647. The molecule has 0 bridgehead atoms.